The van der Waals surface area contributed by atoms with E-state index in [-0.39, 0.29) is 17.6 Å². The lowest BCUT2D eigenvalue weighted by Crippen LogP contribution is -2.17. The molecule has 8 heteroatoms. The number of esters is 1. The molecule has 0 unspecified atom stereocenters. The van der Waals surface area contributed by atoms with E-state index >= 15 is 0 Å². The number of aromatic nitrogens is 3. The van der Waals surface area contributed by atoms with Crippen LogP contribution in [0.15, 0.2) is 18.2 Å². The number of nitrogens with one attached hydrogen (secondary N) is 1. The zero-order valence-electron chi connectivity index (χ0n) is 18.2. The second kappa shape index (κ2) is 8.63. The Bertz CT molecular complexity index is 1160. The molecule has 0 saturated carbocycles. The number of amides is 1. The van der Waals surface area contributed by atoms with Crippen molar-refractivity contribution < 1.29 is 14.3 Å². The number of thiophene rings is 1. The van der Waals surface area contributed by atoms with Gasteiger partial charge in [-0.1, -0.05) is 11.3 Å². The molecule has 1 aliphatic rings. The molecule has 1 aliphatic carbocycles. The van der Waals surface area contributed by atoms with Crippen LogP contribution in [-0.4, -0.2) is 33.5 Å². The molecule has 3 aromatic rings. The fraction of sp³-hybridized carbons (Fsp3) is 0.391. The zero-order chi connectivity index (χ0) is 22.1. The normalized spacial score (nSPS) is 13.0. The van der Waals surface area contributed by atoms with Crippen LogP contribution < -0.4 is 5.32 Å². The topological polar surface area (TPSA) is 86.1 Å². The number of anilines is 1. The second-order valence-corrected chi connectivity index (χ2v) is 8.90. The maximum absolute atomic E-state index is 13.1. The third kappa shape index (κ3) is 3.99. The number of hydrogen-bond donors (Lipinski definition) is 1. The Morgan fingerprint density at radius 3 is 2.68 bits per heavy atom. The summed E-state index contributed by atoms with van der Waals surface area (Å²) in [6, 6.07) is 6.00. The minimum Gasteiger partial charge on any atom is -0.462 e. The molecule has 4 rings (SSSR count). The number of nitrogens with zero attached hydrogens (tertiary/aromatic N) is 3. The zero-order valence-corrected chi connectivity index (χ0v) is 19.1. The quantitative estimate of drug-likeness (QED) is 0.590. The third-order valence-electron chi connectivity index (χ3n) is 5.72. The first-order valence-electron chi connectivity index (χ1n) is 10.5. The molecular weight excluding hydrogens is 412 g/mol. The summed E-state index contributed by atoms with van der Waals surface area (Å²) in [6.07, 6.45) is 3.88. The molecule has 0 bridgehead atoms. The molecule has 0 fully saturated rings. The summed E-state index contributed by atoms with van der Waals surface area (Å²) < 4.78 is 6.93. The third-order valence-corrected chi connectivity index (χ3v) is 6.93. The summed E-state index contributed by atoms with van der Waals surface area (Å²) >= 11 is 1.46. The minimum atomic E-state index is -0.382. The molecule has 0 saturated heterocycles. The molecule has 0 radical (unpaired) electrons. The predicted molar refractivity (Wildman–Crippen MR) is 120 cm³/mol. The summed E-state index contributed by atoms with van der Waals surface area (Å²) in [4.78, 5) is 26.9. The van der Waals surface area contributed by atoms with Gasteiger partial charge in [-0.3, -0.25) is 4.79 Å². The molecule has 0 atom stereocenters. The van der Waals surface area contributed by atoms with Gasteiger partial charge in [0, 0.05) is 4.88 Å². The van der Waals surface area contributed by atoms with Gasteiger partial charge in [0.15, 0.2) is 5.69 Å². The number of rotatable bonds is 5. The summed E-state index contributed by atoms with van der Waals surface area (Å²) in [7, 11) is 0. The summed E-state index contributed by atoms with van der Waals surface area (Å²) in [5.74, 6) is -0.760. The van der Waals surface area contributed by atoms with Gasteiger partial charge < -0.3 is 10.1 Å². The van der Waals surface area contributed by atoms with Crippen molar-refractivity contribution >= 4 is 28.2 Å². The van der Waals surface area contributed by atoms with Gasteiger partial charge in [-0.15, -0.1) is 16.4 Å². The van der Waals surface area contributed by atoms with Gasteiger partial charge in [-0.25, -0.2) is 9.48 Å². The average molecular weight is 439 g/mol. The first-order valence-corrected chi connectivity index (χ1v) is 11.3. The standard InChI is InChI=1S/C23H26N4O3S/c1-5-30-23(29)19-17-8-6-7-9-18(17)31-22(19)24-21(28)20-15(4)27(26-25-20)16-11-10-13(2)14(3)12-16/h10-12H,5-9H2,1-4H3,(H,24,28). The van der Waals surface area contributed by atoms with Crippen LogP contribution in [0.2, 0.25) is 0 Å². The van der Waals surface area contributed by atoms with Crippen molar-refractivity contribution in [2.24, 2.45) is 0 Å². The van der Waals surface area contributed by atoms with E-state index in [1.54, 1.807) is 11.6 Å². The number of carbonyl (C=O) groups is 2. The van der Waals surface area contributed by atoms with Gasteiger partial charge in [0.1, 0.15) is 5.00 Å². The molecular formula is C23H26N4O3S. The molecule has 0 spiro atoms. The molecule has 1 amide bonds. The van der Waals surface area contributed by atoms with E-state index in [0.717, 1.165) is 47.4 Å². The van der Waals surface area contributed by atoms with Gasteiger partial charge in [-0.2, -0.15) is 0 Å². The molecule has 162 valence electrons. The van der Waals surface area contributed by atoms with E-state index in [4.69, 9.17) is 4.74 Å². The summed E-state index contributed by atoms with van der Waals surface area (Å²) in [6.45, 7) is 7.97. The highest BCUT2D eigenvalue weighted by atomic mass is 32.1. The number of benzene rings is 1. The van der Waals surface area contributed by atoms with Gasteiger partial charge >= 0.3 is 5.97 Å². The lowest BCUT2D eigenvalue weighted by atomic mass is 9.95. The monoisotopic (exact) mass is 438 g/mol. The van der Waals surface area contributed by atoms with Crippen molar-refractivity contribution in [1.29, 1.82) is 0 Å². The Labute approximate surface area is 185 Å². The molecule has 2 heterocycles. The highest BCUT2D eigenvalue weighted by Crippen LogP contribution is 2.38. The SMILES string of the molecule is CCOC(=O)c1c(NC(=O)c2nnn(-c3ccc(C)c(C)c3)c2C)sc2c1CCCC2. The lowest BCUT2D eigenvalue weighted by Gasteiger charge is -2.12. The predicted octanol–water partition coefficient (Wildman–Crippen LogP) is 4.56. The van der Waals surface area contributed by atoms with Crippen LogP contribution in [0.3, 0.4) is 0 Å². The molecule has 2 aromatic heterocycles. The van der Waals surface area contributed by atoms with Crippen LogP contribution in [0, 0.1) is 20.8 Å². The van der Waals surface area contributed by atoms with Crippen LogP contribution >= 0.6 is 11.3 Å². The molecule has 7 nitrogen and oxygen atoms in total. The number of fused-ring (bicyclic) bond motifs is 1. The van der Waals surface area contributed by atoms with Crippen LogP contribution in [-0.2, 0) is 17.6 Å². The van der Waals surface area contributed by atoms with Crippen molar-refractivity contribution in [3.63, 3.8) is 0 Å². The van der Waals surface area contributed by atoms with Gasteiger partial charge in [0.05, 0.1) is 23.6 Å². The second-order valence-electron chi connectivity index (χ2n) is 7.79. The van der Waals surface area contributed by atoms with Crippen LogP contribution in [0.25, 0.3) is 5.69 Å². The van der Waals surface area contributed by atoms with E-state index in [1.807, 2.05) is 39.0 Å². The van der Waals surface area contributed by atoms with Gasteiger partial charge in [0.25, 0.3) is 5.91 Å². The lowest BCUT2D eigenvalue weighted by molar-refractivity contribution is 0.0526. The van der Waals surface area contributed by atoms with E-state index in [1.165, 1.54) is 16.9 Å². The summed E-state index contributed by atoms with van der Waals surface area (Å²) in [5, 5.41) is 11.8. The van der Waals surface area contributed by atoms with Crippen LogP contribution in [0.1, 0.15) is 67.9 Å². The van der Waals surface area contributed by atoms with Crippen LogP contribution in [0.5, 0.6) is 0 Å². The maximum atomic E-state index is 13.1. The van der Waals surface area contributed by atoms with Gasteiger partial charge in [-0.05, 0) is 82.2 Å². The number of hydrogen-bond acceptors (Lipinski definition) is 6. The maximum Gasteiger partial charge on any atom is 0.341 e. The van der Waals surface area contributed by atoms with E-state index in [0.29, 0.717) is 22.9 Å². The average Bonchev–Trinajstić information content (AvgIpc) is 3.30. The Kier molecular flexibility index (Phi) is 5.91. The Morgan fingerprint density at radius 1 is 1.16 bits per heavy atom. The number of carbonyl (C=O) groups excluding carboxylic acids is 2. The summed E-state index contributed by atoms with van der Waals surface area (Å²) in [5.41, 5.74) is 5.56. The first kappa shape index (κ1) is 21.2. The molecule has 0 aliphatic heterocycles. The minimum absolute atomic E-state index is 0.236. The van der Waals surface area contributed by atoms with Crippen molar-refractivity contribution in [3.05, 3.63) is 56.7 Å². The molecule has 1 N–H and O–H groups in total. The highest BCUT2D eigenvalue weighted by molar-refractivity contribution is 7.17. The van der Waals surface area contributed by atoms with E-state index in [9.17, 15) is 9.59 Å². The highest BCUT2D eigenvalue weighted by Gasteiger charge is 2.28. The Balaban J connectivity index is 1.65. The molecule has 1 aromatic carbocycles. The molecule has 31 heavy (non-hydrogen) atoms. The largest absolute Gasteiger partial charge is 0.462 e. The van der Waals surface area contributed by atoms with Crippen molar-refractivity contribution in [1.82, 2.24) is 15.0 Å². The van der Waals surface area contributed by atoms with Crippen molar-refractivity contribution in [2.75, 3.05) is 11.9 Å². The van der Waals surface area contributed by atoms with Crippen molar-refractivity contribution in [2.45, 2.75) is 53.4 Å². The smallest absolute Gasteiger partial charge is 0.341 e. The first-order chi connectivity index (χ1) is 14.9. The number of aryl methyl sites for hydroxylation is 3. The Hall–Kier alpha value is -3.00. The fourth-order valence-electron chi connectivity index (χ4n) is 3.88. The van der Waals surface area contributed by atoms with E-state index < -0.39 is 0 Å². The Morgan fingerprint density at radius 2 is 1.94 bits per heavy atom. The van der Waals surface area contributed by atoms with Gasteiger partial charge in [0.2, 0.25) is 0 Å². The number of ether oxygens (including phenoxy) is 1. The fourth-order valence-corrected chi connectivity index (χ4v) is 5.15. The van der Waals surface area contributed by atoms with E-state index in [2.05, 4.69) is 15.6 Å². The van der Waals surface area contributed by atoms with Crippen LogP contribution in [0.4, 0.5) is 5.00 Å². The van der Waals surface area contributed by atoms with Crippen molar-refractivity contribution in [3.8, 4) is 5.69 Å².